The molecule has 3 aromatic rings. The molecule has 0 amide bonds. The van der Waals surface area contributed by atoms with Gasteiger partial charge in [-0.25, -0.2) is 0 Å². The average Bonchev–Trinajstić information content (AvgIpc) is 2.83. The summed E-state index contributed by atoms with van der Waals surface area (Å²) in [7, 11) is 0. The van der Waals surface area contributed by atoms with Crippen molar-refractivity contribution in [3.63, 3.8) is 0 Å². The highest BCUT2D eigenvalue weighted by Gasteiger charge is 2.09. The van der Waals surface area contributed by atoms with E-state index in [2.05, 4.69) is 53.7 Å². The first kappa shape index (κ1) is 15.6. The minimum Gasteiger partial charge on any atom is -0.318 e. The average molecular weight is 323 g/mol. The molecule has 0 saturated carbocycles. The predicted molar refractivity (Wildman–Crippen MR) is 98.7 cm³/mol. The molecule has 0 aliphatic rings. The molecule has 0 bridgehead atoms. The highest BCUT2D eigenvalue weighted by atomic mass is 35.5. The van der Waals surface area contributed by atoms with Crippen molar-refractivity contribution in [3.8, 4) is 5.69 Å². The third kappa shape index (κ3) is 3.22. The van der Waals surface area contributed by atoms with Crippen molar-refractivity contribution in [1.82, 2.24) is 4.57 Å². The molecular weight excluding hydrogens is 304 g/mol. The van der Waals surface area contributed by atoms with E-state index in [1.165, 1.54) is 17.1 Å². The van der Waals surface area contributed by atoms with E-state index < -0.39 is 0 Å². The van der Waals surface area contributed by atoms with E-state index in [4.69, 9.17) is 11.6 Å². The minimum atomic E-state index is 0.706. The maximum atomic E-state index is 6.06. The van der Waals surface area contributed by atoms with Gasteiger partial charge in [0, 0.05) is 33.9 Å². The molecule has 0 radical (unpaired) electrons. The number of halogens is 1. The molecule has 1 heterocycles. The number of aliphatic imine (C=N–C) groups is 1. The number of hydrogen-bond donors (Lipinski definition) is 0. The largest absolute Gasteiger partial charge is 0.318 e. The van der Waals surface area contributed by atoms with Gasteiger partial charge in [0.05, 0.1) is 5.69 Å². The Morgan fingerprint density at radius 3 is 2.43 bits per heavy atom. The van der Waals surface area contributed by atoms with Crippen LogP contribution >= 0.6 is 11.6 Å². The lowest BCUT2D eigenvalue weighted by atomic mass is 10.2. The number of nitrogens with zero attached hydrogens (tertiary/aromatic N) is 2. The van der Waals surface area contributed by atoms with E-state index >= 15 is 0 Å². The summed E-state index contributed by atoms with van der Waals surface area (Å²) in [6, 6.07) is 18.3. The maximum absolute atomic E-state index is 6.06. The van der Waals surface area contributed by atoms with Gasteiger partial charge in [-0.2, -0.15) is 0 Å². The highest BCUT2D eigenvalue weighted by molar-refractivity contribution is 6.30. The lowest BCUT2D eigenvalue weighted by Gasteiger charge is -2.09. The molecule has 0 fully saturated rings. The van der Waals surface area contributed by atoms with E-state index in [0.717, 1.165) is 16.8 Å². The number of rotatable bonds is 3. The summed E-state index contributed by atoms with van der Waals surface area (Å²) >= 11 is 6.06. The minimum absolute atomic E-state index is 0.706. The third-order valence-electron chi connectivity index (χ3n) is 4.00. The van der Waals surface area contributed by atoms with E-state index in [1.807, 2.05) is 37.4 Å². The molecule has 0 atom stereocenters. The lowest BCUT2D eigenvalue weighted by molar-refractivity contribution is 0.965. The maximum Gasteiger partial charge on any atom is 0.0673 e. The first-order valence-electron chi connectivity index (χ1n) is 7.61. The Morgan fingerprint density at radius 1 is 0.957 bits per heavy atom. The molecule has 23 heavy (non-hydrogen) atoms. The van der Waals surface area contributed by atoms with Gasteiger partial charge in [-0.05, 0) is 56.7 Å². The van der Waals surface area contributed by atoms with Gasteiger partial charge in [0.1, 0.15) is 0 Å². The van der Waals surface area contributed by atoms with Crippen LogP contribution in [0.4, 0.5) is 5.69 Å². The smallest absolute Gasteiger partial charge is 0.0673 e. The van der Waals surface area contributed by atoms with Crippen LogP contribution in [0.3, 0.4) is 0 Å². The van der Waals surface area contributed by atoms with Crippen molar-refractivity contribution in [1.29, 1.82) is 0 Å². The molecule has 0 spiro atoms. The molecule has 0 N–H and O–H groups in total. The van der Waals surface area contributed by atoms with Gasteiger partial charge < -0.3 is 4.57 Å². The van der Waals surface area contributed by atoms with E-state index in [9.17, 15) is 0 Å². The standard InChI is InChI=1S/C20H19ClN2/c1-14-9-10-18(21)12-20(14)22-13-17-11-15(2)23(16(17)3)19-7-5-4-6-8-19/h4-13H,1-3H3. The summed E-state index contributed by atoms with van der Waals surface area (Å²) in [4.78, 5) is 4.62. The Kier molecular flexibility index (Phi) is 4.35. The number of aryl methyl sites for hydroxylation is 2. The van der Waals surface area contributed by atoms with Crippen LogP contribution in [0.2, 0.25) is 5.02 Å². The summed E-state index contributed by atoms with van der Waals surface area (Å²) in [5.74, 6) is 0. The Labute approximate surface area is 142 Å². The van der Waals surface area contributed by atoms with Crippen molar-refractivity contribution >= 4 is 23.5 Å². The van der Waals surface area contributed by atoms with E-state index in [0.29, 0.717) is 5.02 Å². The van der Waals surface area contributed by atoms with Crippen molar-refractivity contribution in [2.24, 2.45) is 4.99 Å². The molecule has 3 rings (SSSR count). The molecule has 0 aliphatic heterocycles. The van der Waals surface area contributed by atoms with Crippen LogP contribution in [0.15, 0.2) is 59.6 Å². The summed E-state index contributed by atoms with van der Waals surface area (Å²) < 4.78 is 2.24. The summed E-state index contributed by atoms with van der Waals surface area (Å²) in [5, 5.41) is 0.706. The zero-order valence-electron chi connectivity index (χ0n) is 13.5. The van der Waals surface area contributed by atoms with E-state index in [-0.39, 0.29) is 0 Å². The van der Waals surface area contributed by atoms with Crippen molar-refractivity contribution in [3.05, 3.63) is 82.1 Å². The lowest BCUT2D eigenvalue weighted by Crippen LogP contribution is -1.99. The van der Waals surface area contributed by atoms with E-state index in [1.54, 1.807) is 0 Å². The van der Waals surface area contributed by atoms with Crippen LogP contribution in [0, 0.1) is 20.8 Å². The molecule has 0 unspecified atom stereocenters. The second-order valence-electron chi connectivity index (χ2n) is 5.69. The van der Waals surface area contributed by atoms with Crippen molar-refractivity contribution in [2.45, 2.75) is 20.8 Å². The topological polar surface area (TPSA) is 17.3 Å². The number of aromatic nitrogens is 1. The fourth-order valence-electron chi connectivity index (χ4n) is 2.75. The normalized spacial score (nSPS) is 11.3. The SMILES string of the molecule is Cc1ccc(Cl)cc1N=Cc1cc(C)n(-c2ccccc2)c1C. The van der Waals surface area contributed by atoms with Gasteiger partial charge in [-0.15, -0.1) is 0 Å². The molecule has 1 aromatic heterocycles. The molecular formula is C20H19ClN2. The molecule has 0 aliphatic carbocycles. The zero-order chi connectivity index (χ0) is 16.4. The second-order valence-corrected chi connectivity index (χ2v) is 6.12. The summed E-state index contributed by atoms with van der Waals surface area (Å²) in [6.45, 7) is 6.27. The molecule has 2 aromatic carbocycles. The van der Waals surface area contributed by atoms with Crippen LogP contribution in [0.25, 0.3) is 5.69 Å². The third-order valence-corrected chi connectivity index (χ3v) is 4.23. The predicted octanol–water partition coefficient (Wildman–Crippen LogP) is 5.81. The van der Waals surface area contributed by atoms with Gasteiger partial charge in [0.25, 0.3) is 0 Å². The Hall–Kier alpha value is -2.32. The number of benzene rings is 2. The van der Waals surface area contributed by atoms with Crippen molar-refractivity contribution in [2.75, 3.05) is 0 Å². The number of hydrogen-bond acceptors (Lipinski definition) is 1. The molecule has 3 heteroatoms. The van der Waals surface area contributed by atoms with Gasteiger partial charge >= 0.3 is 0 Å². The summed E-state index contributed by atoms with van der Waals surface area (Å²) in [5.41, 5.74) is 6.67. The van der Waals surface area contributed by atoms with Crippen LogP contribution in [-0.4, -0.2) is 10.8 Å². The van der Waals surface area contributed by atoms with Gasteiger partial charge in [-0.3, -0.25) is 4.99 Å². The zero-order valence-corrected chi connectivity index (χ0v) is 14.3. The van der Waals surface area contributed by atoms with Gasteiger partial charge in [0.2, 0.25) is 0 Å². The molecule has 2 nitrogen and oxygen atoms in total. The fourth-order valence-corrected chi connectivity index (χ4v) is 2.92. The highest BCUT2D eigenvalue weighted by Crippen LogP contribution is 2.24. The first-order valence-corrected chi connectivity index (χ1v) is 7.98. The van der Waals surface area contributed by atoms with Crippen LogP contribution in [-0.2, 0) is 0 Å². The van der Waals surface area contributed by atoms with Crippen LogP contribution < -0.4 is 0 Å². The Balaban J connectivity index is 1.99. The fraction of sp³-hybridized carbons (Fsp3) is 0.150. The number of para-hydroxylation sites is 1. The van der Waals surface area contributed by atoms with Gasteiger partial charge in [-0.1, -0.05) is 35.9 Å². The first-order chi connectivity index (χ1) is 11.1. The summed E-state index contributed by atoms with van der Waals surface area (Å²) in [6.07, 6.45) is 1.92. The van der Waals surface area contributed by atoms with Crippen LogP contribution in [0.1, 0.15) is 22.5 Å². The van der Waals surface area contributed by atoms with Crippen LogP contribution in [0.5, 0.6) is 0 Å². The quantitative estimate of drug-likeness (QED) is 0.542. The second kappa shape index (κ2) is 6.43. The monoisotopic (exact) mass is 322 g/mol. The Morgan fingerprint density at radius 2 is 1.70 bits per heavy atom. The van der Waals surface area contributed by atoms with Crippen molar-refractivity contribution < 1.29 is 0 Å². The van der Waals surface area contributed by atoms with Gasteiger partial charge in [0.15, 0.2) is 0 Å². The molecule has 116 valence electrons. The Bertz CT molecular complexity index is 861. The molecule has 0 saturated heterocycles.